The maximum absolute atomic E-state index is 14.1. The smallest absolute Gasteiger partial charge is 0.255 e. The first kappa shape index (κ1) is 33.0. The zero-order chi connectivity index (χ0) is 36.1. The van der Waals surface area contributed by atoms with Gasteiger partial charge in [0.25, 0.3) is 5.91 Å². The number of benzene rings is 2. The van der Waals surface area contributed by atoms with Crippen molar-refractivity contribution in [2.75, 3.05) is 41.3 Å². The summed E-state index contributed by atoms with van der Waals surface area (Å²) in [5.74, 6) is 1.17. The second kappa shape index (κ2) is 13.6. The molecule has 12 nitrogen and oxygen atoms in total. The fraction of sp³-hybridized carbons (Fsp3) is 0.350. The number of hydrogen-bond donors (Lipinski definition) is 2. The highest BCUT2D eigenvalue weighted by molar-refractivity contribution is 6.05. The lowest BCUT2D eigenvalue weighted by molar-refractivity contribution is -0.136. The normalized spacial score (nSPS) is 20.7. The number of nitrogens with one attached hydrogen (secondary N) is 2. The van der Waals surface area contributed by atoms with Crippen LogP contribution in [0.1, 0.15) is 66.1 Å². The molecule has 5 aromatic rings. The number of aromatic nitrogens is 4. The predicted octanol–water partition coefficient (Wildman–Crippen LogP) is 5.36. The highest BCUT2D eigenvalue weighted by Gasteiger charge is 2.39. The largest absolute Gasteiger partial charge is 0.385 e. The molecule has 0 aliphatic carbocycles. The second-order valence-corrected chi connectivity index (χ2v) is 14.5. The first-order valence-electron chi connectivity index (χ1n) is 18.5. The number of pyridine rings is 1. The van der Waals surface area contributed by atoms with Gasteiger partial charge in [0, 0.05) is 50.4 Å². The number of imidazole rings is 1. The lowest BCUT2D eigenvalue weighted by atomic mass is 9.96. The van der Waals surface area contributed by atoms with Crippen LogP contribution >= 0.6 is 0 Å². The maximum Gasteiger partial charge on any atom is 0.255 e. The van der Waals surface area contributed by atoms with Crippen molar-refractivity contribution in [1.29, 1.82) is 0 Å². The molecule has 2 atom stereocenters. The number of fused-ring (bicyclic) bond motifs is 2. The minimum absolute atomic E-state index is 0.0686. The summed E-state index contributed by atoms with van der Waals surface area (Å²) >= 11 is 0. The highest BCUT2D eigenvalue weighted by atomic mass is 19.1. The molecule has 13 heteroatoms. The molecule has 53 heavy (non-hydrogen) atoms. The molecule has 0 bridgehead atoms. The molecular weight excluding hydrogens is 673 g/mol. The van der Waals surface area contributed by atoms with Gasteiger partial charge in [-0.25, -0.2) is 18.9 Å². The van der Waals surface area contributed by atoms with Crippen LogP contribution in [0.15, 0.2) is 79.0 Å². The average Bonchev–Trinajstić information content (AvgIpc) is 3.92. The molecule has 3 aromatic heterocycles. The van der Waals surface area contributed by atoms with Crippen molar-refractivity contribution in [1.82, 2.24) is 29.8 Å². The van der Waals surface area contributed by atoms with Gasteiger partial charge in [0.1, 0.15) is 29.2 Å². The Morgan fingerprint density at radius 3 is 2.57 bits per heavy atom. The van der Waals surface area contributed by atoms with Crippen molar-refractivity contribution in [3.8, 4) is 11.4 Å². The number of anilines is 3. The van der Waals surface area contributed by atoms with Crippen molar-refractivity contribution in [2.24, 2.45) is 5.92 Å². The quantitative estimate of drug-likeness (QED) is 0.204. The van der Waals surface area contributed by atoms with E-state index in [4.69, 9.17) is 10.1 Å². The van der Waals surface area contributed by atoms with Crippen LogP contribution in [0.5, 0.6) is 0 Å². The molecule has 7 heterocycles. The molecule has 3 amide bonds. The number of rotatable bonds is 8. The number of carbonyl (C=O) groups excluding carboxylic acids is 3. The Morgan fingerprint density at radius 2 is 1.72 bits per heavy atom. The van der Waals surface area contributed by atoms with Crippen molar-refractivity contribution in [3.63, 3.8) is 0 Å². The van der Waals surface area contributed by atoms with Crippen molar-refractivity contribution in [3.05, 3.63) is 102 Å². The van der Waals surface area contributed by atoms with Gasteiger partial charge in [0.2, 0.25) is 11.8 Å². The molecule has 2 aromatic carbocycles. The van der Waals surface area contributed by atoms with E-state index in [1.807, 2.05) is 59.2 Å². The van der Waals surface area contributed by atoms with Gasteiger partial charge in [-0.15, -0.1) is 5.10 Å². The molecule has 4 aliphatic heterocycles. The third-order valence-electron chi connectivity index (χ3n) is 11.2. The minimum atomic E-state index is -0.615. The van der Waals surface area contributed by atoms with Gasteiger partial charge in [-0.1, -0.05) is 18.2 Å². The van der Waals surface area contributed by atoms with E-state index < -0.39 is 11.9 Å². The fourth-order valence-corrected chi connectivity index (χ4v) is 8.35. The Hall–Kier alpha value is -5.85. The molecule has 0 saturated carbocycles. The van der Waals surface area contributed by atoms with E-state index in [0.717, 1.165) is 97.3 Å². The lowest BCUT2D eigenvalue weighted by Crippen LogP contribution is -2.52. The molecule has 0 radical (unpaired) electrons. The van der Waals surface area contributed by atoms with Gasteiger partial charge in [0.05, 0.1) is 17.9 Å². The van der Waals surface area contributed by atoms with Crippen LogP contribution in [0, 0.1) is 11.7 Å². The second-order valence-electron chi connectivity index (χ2n) is 14.5. The Balaban J connectivity index is 0.834. The number of imide groups is 1. The van der Waals surface area contributed by atoms with Gasteiger partial charge in [-0.05, 0) is 104 Å². The number of hydrogen-bond acceptors (Lipinski definition) is 9. The summed E-state index contributed by atoms with van der Waals surface area (Å²) in [6.45, 7) is 3.80. The Kier molecular flexibility index (Phi) is 8.48. The maximum atomic E-state index is 14.1. The molecule has 1 unspecified atom stereocenters. The number of piperidine rings is 2. The van der Waals surface area contributed by atoms with Gasteiger partial charge < -0.3 is 20.0 Å². The van der Waals surface area contributed by atoms with Gasteiger partial charge in [-0.3, -0.25) is 19.7 Å². The fourth-order valence-electron chi connectivity index (χ4n) is 8.35. The summed E-state index contributed by atoms with van der Waals surface area (Å²) < 4.78 is 15.9. The van der Waals surface area contributed by atoms with Crippen LogP contribution in [0.2, 0.25) is 0 Å². The monoisotopic (exact) mass is 713 g/mol. The van der Waals surface area contributed by atoms with E-state index in [1.165, 1.54) is 6.07 Å². The summed E-state index contributed by atoms with van der Waals surface area (Å²) in [6.07, 6.45) is 6.39. The highest BCUT2D eigenvalue weighted by Crippen LogP contribution is 2.36. The molecule has 270 valence electrons. The Morgan fingerprint density at radius 1 is 0.849 bits per heavy atom. The molecule has 0 spiro atoms. The third kappa shape index (κ3) is 6.34. The predicted molar refractivity (Wildman–Crippen MR) is 198 cm³/mol. The van der Waals surface area contributed by atoms with Crippen LogP contribution in [-0.4, -0.2) is 74.4 Å². The molecule has 3 saturated heterocycles. The van der Waals surface area contributed by atoms with Crippen LogP contribution in [0.4, 0.5) is 21.7 Å². The van der Waals surface area contributed by atoms with Crippen LogP contribution in [-0.2, 0) is 16.1 Å². The van der Waals surface area contributed by atoms with Crippen LogP contribution < -0.4 is 20.4 Å². The average molecular weight is 714 g/mol. The van der Waals surface area contributed by atoms with Crippen LogP contribution in [0.25, 0.3) is 17.0 Å². The van der Waals surface area contributed by atoms with E-state index in [1.54, 1.807) is 17.0 Å². The molecule has 9 rings (SSSR count). The third-order valence-corrected chi connectivity index (χ3v) is 11.2. The topological polar surface area (TPSA) is 128 Å². The molecule has 3 fully saturated rings. The van der Waals surface area contributed by atoms with Crippen LogP contribution in [0.3, 0.4) is 0 Å². The first-order chi connectivity index (χ1) is 25.9. The van der Waals surface area contributed by atoms with Gasteiger partial charge >= 0.3 is 0 Å². The molecular formula is C40H40FN9O3. The van der Waals surface area contributed by atoms with Crippen molar-refractivity contribution >= 4 is 40.7 Å². The SMILES string of the molecule is O=C1CCC(N2Cc3cc(NCC4CCN(c5cccc(-c6cnc7ccc(N8CCC[C@@H]8c8cccc(F)c8)nn67)n5)CC4)ccc3C2=O)C(=O)N1. The first-order valence-corrected chi connectivity index (χ1v) is 18.5. The Bertz CT molecular complexity index is 2230. The van der Waals surface area contributed by atoms with E-state index in [0.29, 0.717) is 24.4 Å². The zero-order valence-corrected chi connectivity index (χ0v) is 29.2. The van der Waals surface area contributed by atoms with E-state index >= 15 is 0 Å². The zero-order valence-electron chi connectivity index (χ0n) is 29.2. The number of amides is 3. The number of nitrogens with zero attached hydrogens (tertiary/aromatic N) is 7. The molecule has 4 aliphatic rings. The van der Waals surface area contributed by atoms with Crippen molar-refractivity contribution < 1.29 is 18.8 Å². The molecule has 2 N–H and O–H groups in total. The summed E-state index contributed by atoms with van der Waals surface area (Å²) in [7, 11) is 0. The summed E-state index contributed by atoms with van der Waals surface area (Å²) in [6, 6.07) is 22.2. The standard InChI is InChI=1S/C40H40FN9O3/c41-28-5-1-4-26(20-28)32-7-3-17-48(32)37-13-12-35-43-23-34(50(35)46-37)31-6-2-8-36(44-31)47-18-15-25(16-19-47)22-42-29-9-10-30-27(21-29)24-49(40(30)53)33-11-14-38(51)45-39(33)52/h1-2,4-6,8-10,12-13,20-21,23,25,32-33,42H,3,7,11,14-19,22,24H2,(H,45,51,52)/t32-,33?/m1/s1. The van der Waals surface area contributed by atoms with Crippen molar-refractivity contribution in [2.45, 2.75) is 57.2 Å². The van der Waals surface area contributed by atoms with Gasteiger partial charge in [0.15, 0.2) is 5.65 Å². The minimum Gasteiger partial charge on any atom is -0.385 e. The summed E-state index contributed by atoms with van der Waals surface area (Å²) in [5.41, 5.74) is 5.80. The summed E-state index contributed by atoms with van der Waals surface area (Å²) in [5, 5.41) is 11.0. The van der Waals surface area contributed by atoms with Gasteiger partial charge in [-0.2, -0.15) is 0 Å². The van der Waals surface area contributed by atoms with E-state index in [2.05, 4.69) is 31.5 Å². The van der Waals surface area contributed by atoms with E-state index in [-0.39, 0.29) is 30.1 Å². The summed E-state index contributed by atoms with van der Waals surface area (Å²) in [4.78, 5) is 53.0. The Labute approximate surface area is 306 Å². The number of carbonyl (C=O) groups is 3. The lowest BCUT2D eigenvalue weighted by Gasteiger charge is -2.33. The van der Waals surface area contributed by atoms with E-state index in [9.17, 15) is 18.8 Å². The number of halogens is 1.